The molecule has 0 saturated carbocycles. The van der Waals surface area contributed by atoms with Crippen LogP contribution in [0.5, 0.6) is 17.2 Å². The summed E-state index contributed by atoms with van der Waals surface area (Å²) < 4.78 is 19.9. The zero-order valence-corrected chi connectivity index (χ0v) is 19.0. The quantitative estimate of drug-likeness (QED) is 0.485. The van der Waals surface area contributed by atoms with Crippen molar-refractivity contribution < 1.29 is 14.2 Å². The molecule has 0 saturated heterocycles. The zero-order valence-electron chi connectivity index (χ0n) is 19.0. The van der Waals surface area contributed by atoms with Gasteiger partial charge >= 0.3 is 0 Å². The van der Waals surface area contributed by atoms with Crippen LogP contribution in [0.2, 0.25) is 0 Å². The summed E-state index contributed by atoms with van der Waals surface area (Å²) in [6.45, 7) is 2.07. The Morgan fingerprint density at radius 1 is 1.06 bits per heavy atom. The van der Waals surface area contributed by atoms with Gasteiger partial charge in [0.15, 0.2) is 6.10 Å². The highest BCUT2D eigenvalue weighted by Gasteiger charge is 2.42. The molecule has 0 radical (unpaired) electrons. The van der Waals surface area contributed by atoms with Crippen molar-refractivity contribution in [3.05, 3.63) is 95.1 Å². The largest absolute Gasteiger partial charge is 0.497 e. The maximum Gasteiger partial charge on any atom is 0.226 e. The lowest BCUT2D eigenvalue weighted by Crippen LogP contribution is -2.32. The van der Waals surface area contributed by atoms with Gasteiger partial charge in [-0.3, -0.25) is 4.98 Å². The lowest BCUT2D eigenvalue weighted by molar-refractivity contribution is 0.217. The molecule has 8 nitrogen and oxygen atoms in total. The number of pyridine rings is 1. The summed E-state index contributed by atoms with van der Waals surface area (Å²) in [7, 11) is 3.31. The van der Waals surface area contributed by atoms with Crippen LogP contribution in [0.3, 0.4) is 0 Å². The number of hydrogen-bond acceptors (Lipinski definition) is 7. The number of nitrogens with one attached hydrogen (secondary N) is 1. The second-order valence-electron chi connectivity index (χ2n) is 8.28. The molecule has 0 bridgehead atoms. The van der Waals surface area contributed by atoms with Crippen LogP contribution in [0.4, 0.5) is 5.95 Å². The van der Waals surface area contributed by atoms with Gasteiger partial charge in [0.1, 0.15) is 29.6 Å². The third-order valence-electron chi connectivity index (χ3n) is 6.29. The van der Waals surface area contributed by atoms with E-state index in [-0.39, 0.29) is 6.04 Å². The summed E-state index contributed by atoms with van der Waals surface area (Å²) in [6.07, 6.45) is 4.71. The van der Waals surface area contributed by atoms with Gasteiger partial charge in [-0.15, -0.1) is 0 Å². The van der Waals surface area contributed by atoms with Crippen molar-refractivity contribution in [3.8, 4) is 17.2 Å². The van der Waals surface area contributed by atoms with Crippen molar-refractivity contribution in [1.29, 1.82) is 0 Å². The summed E-state index contributed by atoms with van der Waals surface area (Å²) >= 11 is 0. The lowest BCUT2D eigenvalue weighted by atomic mass is 9.84. The third-order valence-corrected chi connectivity index (χ3v) is 6.29. The molecule has 4 aromatic rings. The van der Waals surface area contributed by atoms with Crippen molar-refractivity contribution in [2.45, 2.75) is 19.1 Å². The van der Waals surface area contributed by atoms with Crippen LogP contribution < -0.4 is 19.5 Å². The first-order valence-electron chi connectivity index (χ1n) is 11.0. The van der Waals surface area contributed by atoms with Gasteiger partial charge in [0, 0.05) is 29.1 Å². The van der Waals surface area contributed by atoms with Gasteiger partial charge in [-0.2, -0.15) is 10.1 Å². The molecule has 2 atom stereocenters. The molecule has 0 fully saturated rings. The predicted octanol–water partition coefficient (Wildman–Crippen LogP) is 4.56. The maximum atomic E-state index is 6.71. The van der Waals surface area contributed by atoms with Crippen LogP contribution in [0, 0.1) is 6.92 Å². The van der Waals surface area contributed by atoms with Crippen molar-refractivity contribution >= 4 is 11.6 Å². The normalized spacial score (nSPS) is 18.2. The molecule has 6 rings (SSSR count). The predicted molar refractivity (Wildman–Crippen MR) is 127 cm³/mol. The Balaban J connectivity index is 1.65. The molecule has 8 heteroatoms. The molecule has 2 aliphatic rings. The van der Waals surface area contributed by atoms with Crippen LogP contribution in [0.25, 0.3) is 5.70 Å². The minimum Gasteiger partial charge on any atom is -0.497 e. The van der Waals surface area contributed by atoms with Gasteiger partial charge in [-0.05, 0) is 48.9 Å². The van der Waals surface area contributed by atoms with E-state index in [1.54, 1.807) is 26.7 Å². The fourth-order valence-electron chi connectivity index (χ4n) is 4.74. The summed E-state index contributed by atoms with van der Waals surface area (Å²) in [5.41, 5.74) is 5.91. The number of hydrogen-bond donors (Lipinski definition) is 1. The molecule has 34 heavy (non-hydrogen) atoms. The molecule has 2 aromatic heterocycles. The molecule has 2 aromatic carbocycles. The van der Waals surface area contributed by atoms with E-state index in [0.29, 0.717) is 11.7 Å². The average Bonchev–Trinajstić information content (AvgIpc) is 3.35. The maximum absolute atomic E-state index is 6.71. The molecule has 1 N–H and O–H groups in total. The SMILES string of the molecule is COc1ccc(OC)c([C@H]2Oc3ccc(C)cc3C3=C2[C@H](c2cccnc2)n2ncnc2N3)c1. The number of anilines is 1. The minimum absolute atomic E-state index is 0.281. The molecule has 4 heterocycles. The summed E-state index contributed by atoms with van der Waals surface area (Å²) in [4.78, 5) is 8.86. The number of methoxy groups -OCH3 is 2. The molecule has 0 unspecified atom stereocenters. The summed E-state index contributed by atoms with van der Waals surface area (Å²) in [5, 5.41) is 8.08. The van der Waals surface area contributed by atoms with Crippen LogP contribution in [0.15, 0.2) is 72.8 Å². The van der Waals surface area contributed by atoms with Crippen molar-refractivity contribution in [2.24, 2.45) is 0 Å². The number of fused-ring (bicyclic) bond motifs is 3. The second kappa shape index (κ2) is 7.91. The van der Waals surface area contributed by atoms with E-state index in [1.807, 2.05) is 53.3 Å². The first kappa shape index (κ1) is 20.3. The molecule has 0 aliphatic carbocycles. The number of nitrogens with zero attached hydrogens (tertiary/aromatic N) is 4. The van der Waals surface area contributed by atoms with E-state index in [1.165, 1.54) is 0 Å². The minimum atomic E-state index is -0.467. The molecule has 2 aliphatic heterocycles. The highest BCUT2D eigenvalue weighted by Crippen LogP contribution is 2.52. The number of ether oxygens (including phenoxy) is 3. The Labute approximate surface area is 196 Å². The van der Waals surface area contributed by atoms with Crippen LogP contribution >= 0.6 is 0 Å². The number of aryl methyl sites for hydroxylation is 1. The molecule has 0 spiro atoms. The topological polar surface area (TPSA) is 83.3 Å². The Morgan fingerprint density at radius 3 is 2.76 bits per heavy atom. The van der Waals surface area contributed by atoms with E-state index in [9.17, 15) is 0 Å². The number of rotatable bonds is 4. The van der Waals surface area contributed by atoms with Gasteiger partial charge in [0.2, 0.25) is 5.95 Å². The molecule has 170 valence electrons. The van der Waals surface area contributed by atoms with E-state index in [2.05, 4.69) is 33.4 Å². The van der Waals surface area contributed by atoms with E-state index >= 15 is 0 Å². The fraction of sp³-hybridized carbons (Fsp3) is 0.192. The van der Waals surface area contributed by atoms with E-state index < -0.39 is 6.10 Å². The van der Waals surface area contributed by atoms with Crippen LogP contribution in [0.1, 0.15) is 34.4 Å². The summed E-state index contributed by atoms with van der Waals surface area (Å²) in [5.74, 6) is 2.88. The fourth-order valence-corrected chi connectivity index (χ4v) is 4.74. The van der Waals surface area contributed by atoms with Gasteiger partial charge < -0.3 is 19.5 Å². The molecular formula is C26H23N5O3. The Bertz CT molecular complexity index is 1410. The van der Waals surface area contributed by atoms with Crippen molar-refractivity contribution in [3.63, 3.8) is 0 Å². The van der Waals surface area contributed by atoms with E-state index in [4.69, 9.17) is 14.2 Å². The Morgan fingerprint density at radius 2 is 1.97 bits per heavy atom. The Kier molecular flexibility index (Phi) is 4.72. The zero-order chi connectivity index (χ0) is 23.2. The van der Waals surface area contributed by atoms with E-state index in [0.717, 1.165) is 45.0 Å². The molecular weight excluding hydrogens is 430 g/mol. The van der Waals surface area contributed by atoms with Gasteiger partial charge in [0.25, 0.3) is 0 Å². The standard InChI is InChI=1S/C26H23N5O3/c1-15-6-8-21-18(11-15)23-22(25(34-21)19-12-17(32-2)7-9-20(19)33-3)24(16-5-4-10-27-13-16)31-26(30-23)28-14-29-31/h4-14,24-25H,1-3H3,(H,28,29,30)/t24-,25+/m0/s1. The van der Waals surface area contributed by atoms with Gasteiger partial charge in [-0.25, -0.2) is 4.68 Å². The Hall–Kier alpha value is -4.33. The average molecular weight is 454 g/mol. The van der Waals surface area contributed by atoms with Crippen LogP contribution in [-0.4, -0.2) is 34.0 Å². The van der Waals surface area contributed by atoms with Crippen LogP contribution in [-0.2, 0) is 0 Å². The van der Waals surface area contributed by atoms with Gasteiger partial charge in [-0.1, -0.05) is 17.7 Å². The first-order chi connectivity index (χ1) is 16.7. The third kappa shape index (κ3) is 3.10. The van der Waals surface area contributed by atoms with Crippen molar-refractivity contribution in [2.75, 3.05) is 19.5 Å². The summed E-state index contributed by atoms with van der Waals surface area (Å²) in [6, 6.07) is 15.6. The highest BCUT2D eigenvalue weighted by molar-refractivity contribution is 5.85. The smallest absolute Gasteiger partial charge is 0.226 e. The molecule has 0 amide bonds. The van der Waals surface area contributed by atoms with Gasteiger partial charge in [0.05, 0.1) is 19.9 Å². The van der Waals surface area contributed by atoms with Crippen molar-refractivity contribution in [1.82, 2.24) is 19.7 Å². The second-order valence-corrected chi connectivity index (χ2v) is 8.28. The lowest BCUT2D eigenvalue weighted by Gasteiger charge is -2.39. The first-order valence-corrected chi connectivity index (χ1v) is 11.0. The number of benzene rings is 2. The monoisotopic (exact) mass is 453 g/mol. The number of aromatic nitrogens is 4. The highest BCUT2D eigenvalue weighted by atomic mass is 16.5.